The maximum Gasteiger partial charge on any atom is 0.230 e. The number of rotatable bonds is 5. The van der Waals surface area contributed by atoms with E-state index in [4.69, 9.17) is 15.3 Å². The van der Waals surface area contributed by atoms with Gasteiger partial charge in [-0.25, -0.2) is 20.4 Å². The lowest BCUT2D eigenvalue weighted by molar-refractivity contribution is -0.144. The molecule has 2 aromatic heterocycles. The van der Waals surface area contributed by atoms with Crippen molar-refractivity contribution in [3.05, 3.63) is 12.7 Å². The molecule has 0 aliphatic carbocycles. The summed E-state index contributed by atoms with van der Waals surface area (Å²) in [6.07, 6.45) is -1.93. The first-order chi connectivity index (χ1) is 11.0. The quantitative estimate of drug-likeness (QED) is 0.364. The molecule has 11 heteroatoms. The third-order valence-corrected chi connectivity index (χ3v) is 3.70. The number of ether oxygens (including phenoxy) is 1. The van der Waals surface area contributed by atoms with Crippen LogP contribution in [0.4, 0.5) is 5.82 Å². The minimum absolute atomic E-state index is 0.199. The predicted molar refractivity (Wildman–Crippen MR) is 75.4 cm³/mol. The average molecular weight is 324 g/mol. The molecule has 11 nitrogen and oxygen atoms in total. The van der Waals surface area contributed by atoms with Gasteiger partial charge in [0.05, 0.1) is 6.33 Å². The Bertz CT molecular complexity index is 708. The van der Waals surface area contributed by atoms with Gasteiger partial charge >= 0.3 is 0 Å². The van der Waals surface area contributed by atoms with Crippen LogP contribution >= 0.6 is 0 Å². The number of nitrogens with one attached hydrogen (secondary N) is 1. The number of fused-ring (bicyclic) bond motifs is 1. The van der Waals surface area contributed by atoms with E-state index in [0.29, 0.717) is 17.6 Å². The minimum atomic E-state index is -1.24. The number of anilines is 1. The van der Waals surface area contributed by atoms with Crippen LogP contribution in [0.1, 0.15) is 13.2 Å². The molecule has 5 atom stereocenters. The largest absolute Gasteiger partial charge is 0.387 e. The number of carbonyl (C=O) groups is 1. The normalized spacial score (nSPS) is 28.8. The molecule has 1 saturated heterocycles. The maximum atomic E-state index is 10.3. The van der Waals surface area contributed by atoms with Gasteiger partial charge in [0.1, 0.15) is 36.3 Å². The summed E-state index contributed by atoms with van der Waals surface area (Å²) in [5, 5.41) is 20.4. The number of imidazole rings is 1. The zero-order valence-electron chi connectivity index (χ0n) is 12.1. The second kappa shape index (κ2) is 6.04. The Morgan fingerprint density at radius 3 is 2.96 bits per heavy atom. The van der Waals surface area contributed by atoms with Gasteiger partial charge in [-0.3, -0.25) is 14.2 Å². The minimum Gasteiger partial charge on any atom is -0.387 e. The van der Waals surface area contributed by atoms with E-state index in [1.807, 2.05) is 5.48 Å². The van der Waals surface area contributed by atoms with Crippen molar-refractivity contribution in [2.24, 2.45) is 0 Å². The van der Waals surface area contributed by atoms with Crippen LogP contribution in [0.2, 0.25) is 0 Å². The number of hydroxylamine groups is 1. The lowest BCUT2D eigenvalue weighted by Gasteiger charge is -2.21. The first kappa shape index (κ1) is 15.6. The highest BCUT2D eigenvalue weighted by atomic mass is 16.7. The summed E-state index contributed by atoms with van der Waals surface area (Å²) >= 11 is 0. The van der Waals surface area contributed by atoms with Crippen molar-refractivity contribution < 1.29 is 24.6 Å². The smallest absolute Gasteiger partial charge is 0.230 e. The van der Waals surface area contributed by atoms with Crippen LogP contribution in [-0.4, -0.2) is 60.6 Å². The van der Waals surface area contributed by atoms with Crippen molar-refractivity contribution in [2.45, 2.75) is 37.6 Å². The molecule has 3 rings (SSSR count). The van der Waals surface area contributed by atoms with Gasteiger partial charge in [0.2, 0.25) is 6.41 Å². The number of amides is 1. The molecule has 0 radical (unpaired) electrons. The summed E-state index contributed by atoms with van der Waals surface area (Å²) in [6, 6.07) is 0. The van der Waals surface area contributed by atoms with Crippen molar-refractivity contribution in [3.8, 4) is 0 Å². The molecular formula is C12H16N6O5. The molecule has 2 aromatic rings. The SMILES string of the molecule is CC(ONC=O)[C@H]1O[C@@H](n2cnc3c(N)ncnc32)[C@H](O)[C@@H]1O. The summed E-state index contributed by atoms with van der Waals surface area (Å²) < 4.78 is 7.14. The Labute approximate surface area is 130 Å². The van der Waals surface area contributed by atoms with E-state index < -0.39 is 30.6 Å². The summed E-state index contributed by atoms with van der Waals surface area (Å²) in [5.74, 6) is 0.199. The van der Waals surface area contributed by atoms with E-state index in [9.17, 15) is 15.0 Å². The molecule has 1 fully saturated rings. The van der Waals surface area contributed by atoms with E-state index in [2.05, 4.69) is 15.0 Å². The van der Waals surface area contributed by atoms with Crippen LogP contribution in [0.3, 0.4) is 0 Å². The van der Waals surface area contributed by atoms with E-state index in [1.54, 1.807) is 6.92 Å². The number of aliphatic hydroxyl groups excluding tert-OH is 2. The van der Waals surface area contributed by atoms with Crippen LogP contribution in [0.15, 0.2) is 12.7 Å². The maximum absolute atomic E-state index is 10.3. The molecule has 0 spiro atoms. The third kappa shape index (κ3) is 2.59. The molecule has 124 valence electrons. The molecule has 23 heavy (non-hydrogen) atoms. The highest BCUT2D eigenvalue weighted by molar-refractivity contribution is 5.81. The summed E-state index contributed by atoms with van der Waals surface area (Å²) in [6.45, 7) is 1.59. The van der Waals surface area contributed by atoms with Crippen LogP contribution in [0.5, 0.6) is 0 Å². The Morgan fingerprint density at radius 2 is 2.22 bits per heavy atom. The lowest BCUT2D eigenvalue weighted by Crippen LogP contribution is -2.40. The number of hydrogen-bond acceptors (Lipinski definition) is 9. The van der Waals surface area contributed by atoms with Crippen molar-refractivity contribution in [2.75, 3.05) is 5.73 Å². The number of nitrogens with two attached hydrogens (primary N) is 1. The van der Waals surface area contributed by atoms with Crippen molar-refractivity contribution >= 4 is 23.4 Å². The number of nitrogens with zero attached hydrogens (tertiary/aromatic N) is 4. The first-order valence-electron chi connectivity index (χ1n) is 6.84. The highest BCUT2D eigenvalue weighted by Crippen LogP contribution is 2.33. The van der Waals surface area contributed by atoms with Crippen LogP contribution in [-0.2, 0) is 14.4 Å². The molecule has 1 unspecified atom stereocenters. The average Bonchev–Trinajstić information content (AvgIpc) is 3.09. The van der Waals surface area contributed by atoms with Gasteiger partial charge < -0.3 is 20.7 Å². The monoisotopic (exact) mass is 324 g/mol. The molecule has 1 amide bonds. The Hall–Kier alpha value is -2.34. The first-order valence-corrected chi connectivity index (χ1v) is 6.84. The Kier molecular flexibility index (Phi) is 4.09. The molecule has 0 aromatic carbocycles. The molecule has 3 heterocycles. The fourth-order valence-corrected chi connectivity index (χ4v) is 2.56. The van der Waals surface area contributed by atoms with Gasteiger partial charge in [-0.2, -0.15) is 0 Å². The predicted octanol–water partition coefficient (Wildman–Crippen LogP) is -1.91. The number of carbonyl (C=O) groups excluding carboxylic acids is 1. The molecule has 1 aliphatic rings. The lowest BCUT2D eigenvalue weighted by atomic mass is 10.1. The highest BCUT2D eigenvalue weighted by Gasteiger charge is 2.47. The van der Waals surface area contributed by atoms with E-state index in [1.165, 1.54) is 17.2 Å². The summed E-state index contributed by atoms with van der Waals surface area (Å²) in [5.41, 5.74) is 8.50. The molecule has 0 bridgehead atoms. The molecule has 0 saturated carbocycles. The Morgan fingerprint density at radius 1 is 1.43 bits per heavy atom. The topological polar surface area (TPSA) is 158 Å². The zero-order chi connectivity index (χ0) is 16.6. The van der Waals surface area contributed by atoms with Gasteiger partial charge in [-0.15, -0.1) is 0 Å². The molecule has 1 aliphatic heterocycles. The number of nitrogen functional groups attached to an aromatic ring is 1. The molecular weight excluding hydrogens is 308 g/mol. The van der Waals surface area contributed by atoms with Gasteiger partial charge in [-0.1, -0.05) is 0 Å². The van der Waals surface area contributed by atoms with E-state index in [0.717, 1.165) is 0 Å². The second-order valence-corrected chi connectivity index (χ2v) is 5.11. The Balaban J connectivity index is 1.88. The molecule has 5 N–H and O–H groups in total. The zero-order valence-corrected chi connectivity index (χ0v) is 12.1. The van der Waals surface area contributed by atoms with Gasteiger partial charge in [0, 0.05) is 0 Å². The number of hydrogen-bond donors (Lipinski definition) is 4. The van der Waals surface area contributed by atoms with Gasteiger partial charge in [0.15, 0.2) is 17.7 Å². The van der Waals surface area contributed by atoms with Crippen molar-refractivity contribution in [1.29, 1.82) is 0 Å². The summed E-state index contributed by atoms with van der Waals surface area (Å²) in [7, 11) is 0. The summed E-state index contributed by atoms with van der Waals surface area (Å²) in [4.78, 5) is 27.3. The second-order valence-electron chi connectivity index (χ2n) is 5.11. The fraction of sp³-hybridized carbons (Fsp3) is 0.500. The van der Waals surface area contributed by atoms with Crippen LogP contribution in [0.25, 0.3) is 11.2 Å². The van der Waals surface area contributed by atoms with E-state index >= 15 is 0 Å². The standard InChI is InChI=1S/C12H16N6O5/c1-5(23-17-4-19)9-7(20)8(21)12(22-9)18-3-16-6-10(13)14-2-15-11(6)18/h2-5,7-9,12,20-21H,1H3,(H,17,19)(H2,13,14,15)/t5?,7-,8+,9+,12+/m0/s1. The van der Waals surface area contributed by atoms with Crippen LogP contribution < -0.4 is 11.2 Å². The van der Waals surface area contributed by atoms with Crippen LogP contribution in [0, 0.1) is 0 Å². The number of aromatic nitrogens is 4. The third-order valence-electron chi connectivity index (χ3n) is 3.70. The van der Waals surface area contributed by atoms with E-state index in [-0.39, 0.29) is 5.82 Å². The van der Waals surface area contributed by atoms with Gasteiger partial charge in [0.25, 0.3) is 0 Å². The van der Waals surface area contributed by atoms with Crippen molar-refractivity contribution in [3.63, 3.8) is 0 Å². The van der Waals surface area contributed by atoms with Gasteiger partial charge in [-0.05, 0) is 6.92 Å². The fourth-order valence-electron chi connectivity index (χ4n) is 2.56. The number of aliphatic hydroxyl groups is 2. The van der Waals surface area contributed by atoms with Crippen molar-refractivity contribution in [1.82, 2.24) is 25.0 Å².